The Labute approximate surface area is 275 Å². The number of aryl methyl sites for hydroxylation is 1. The first kappa shape index (κ1) is 26.3. The molecule has 47 heavy (non-hydrogen) atoms. The molecular formula is C46H31N. The molecule has 0 aliphatic heterocycles. The first-order valence-electron chi connectivity index (χ1n) is 16.4. The van der Waals surface area contributed by atoms with E-state index >= 15 is 0 Å². The summed E-state index contributed by atoms with van der Waals surface area (Å²) < 4.78 is 0. The van der Waals surface area contributed by atoms with Crippen molar-refractivity contribution in [3.8, 4) is 22.3 Å². The highest BCUT2D eigenvalue weighted by molar-refractivity contribution is 6.08. The molecule has 0 N–H and O–H groups in total. The fourth-order valence-electron chi connectivity index (χ4n) is 8.49. The molecule has 0 bridgehead atoms. The van der Waals surface area contributed by atoms with Crippen molar-refractivity contribution in [2.75, 3.05) is 4.90 Å². The van der Waals surface area contributed by atoms with E-state index in [1.54, 1.807) is 0 Å². The Kier molecular flexibility index (Phi) is 5.48. The summed E-state index contributed by atoms with van der Waals surface area (Å²) in [6.45, 7) is 2.14. The molecule has 0 radical (unpaired) electrons. The molecule has 0 saturated heterocycles. The second-order valence-electron chi connectivity index (χ2n) is 13.0. The molecular weight excluding hydrogens is 567 g/mol. The Bertz CT molecular complexity index is 2480. The van der Waals surface area contributed by atoms with Gasteiger partial charge in [0, 0.05) is 17.1 Å². The normalized spacial score (nSPS) is 13.4. The van der Waals surface area contributed by atoms with Crippen molar-refractivity contribution in [1.82, 2.24) is 0 Å². The van der Waals surface area contributed by atoms with E-state index in [1.165, 1.54) is 71.6 Å². The van der Waals surface area contributed by atoms with Gasteiger partial charge in [0.15, 0.2) is 0 Å². The molecule has 0 fully saturated rings. The predicted octanol–water partition coefficient (Wildman–Crippen LogP) is 12.1. The monoisotopic (exact) mass is 597 g/mol. The van der Waals surface area contributed by atoms with Gasteiger partial charge in [-0.25, -0.2) is 0 Å². The van der Waals surface area contributed by atoms with Crippen LogP contribution in [0.1, 0.15) is 27.8 Å². The smallest absolute Gasteiger partial charge is 0.0725 e. The average Bonchev–Trinajstić information content (AvgIpc) is 3.59. The van der Waals surface area contributed by atoms with Crippen LogP contribution in [0.25, 0.3) is 43.8 Å². The second kappa shape index (κ2) is 9.79. The van der Waals surface area contributed by atoms with E-state index in [2.05, 4.69) is 182 Å². The second-order valence-corrected chi connectivity index (χ2v) is 13.0. The van der Waals surface area contributed by atoms with Crippen molar-refractivity contribution in [3.63, 3.8) is 0 Å². The van der Waals surface area contributed by atoms with Gasteiger partial charge in [0.1, 0.15) is 0 Å². The van der Waals surface area contributed by atoms with Crippen LogP contribution in [-0.4, -0.2) is 0 Å². The molecule has 8 aromatic carbocycles. The maximum absolute atomic E-state index is 2.50. The third-order valence-electron chi connectivity index (χ3n) is 10.5. The molecule has 1 heteroatoms. The lowest BCUT2D eigenvalue weighted by atomic mass is 9.70. The van der Waals surface area contributed by atoms with Gasteiger partial charge in [-0.3, -0.25) is 0 Å². The lowest BCUT2D eigenvalue weighted by Crippen LogP contribution is -2.25. The molecule has 0 aromatic heterocycles. The highest BCUT2D eigenvalue weighted by Crippen LogP contribution is 2.64. The molecule has 0 unspecified atom stereocenters. The van der Waals surface area contributed by atoms with Crippen LogP contribution in [-0.2, 0) is 5.41 Å². The molecule has 0 amide bonds. The van der Waals surface area contributed by atoms with Gasteiger partial charge in [0.2, 0.25) is 0 Å². The van der Waals surface area contributed by atoms with Gasteiger partial charge in [-0.1, -0.05) is 127 Å². The number of para-hydroxylation sites is 1. The number of benzene rings is 8. The van der Waals surface area contributed by atoms with Crippen LogP contribution in [0.4, 0.5) is 17.1 Å². The minimum absolute atomic E-state index is 0.387. The van der Waals surface area contributed by atoms with Crippen molar-refractivity contribution in [3.05, 3.63) is 198 Å². The third kappa shape index (κ3) is 3.60. The van der Waals surface area contributed by atoms with Crippen LogP contribution >= 0.6 is 0 Å². The highest BCUT2D eigenvalue weighted by atomic mass is 15.1. The first-order valence-corrected chi connectivity index (χ1v) is 16.4. The summed E-state index contributed by atoms with van der Waals surface area (Å²) in [5.41, 5.74) is 15.2. The summed E-state index contributed by atoms with van der Waals surface area (Å²) in [4.78, 5) is 2.37. The van der Waals surface area contributed by atoms with Gasteiger partial charge in [-0.05, 0) is 122 Å². The Hall–Kier alpha value is -5.92. The minimum Gasteiger partial charge on any atom is -0.310 e. The number of anilines is 3. The fourth-order valence-corrected chi connectivity index (χ4v) is 8.49. The summed E-state index contributed by atoms with van der Waals surface area (Å²) in [5, 5.41) is 5.09. The maximum Gasteiger partial charge on any atom is 0.0725 e. The number of fused-ring (bicyclic) bond motifs is 13. The first-order chi connectivity index (χ1) is 23.2. The largest absolute Gasteiger partial charge is 0.310 e. The molecule has 0 saturated carbocycles. The Balaban J connectivity index is 1.29. The summed E-state index contributed by atoms with van der Waals surface area (Å²) >= 11 is 0. The maximum atomic E-state index is 2.50. The van der Waals surface area contributed by atoms with Crippen molar-refractivity contribution in [2.45, 2.75) is 12.3 Å². The number of nitrogens with zero attached hydrogens (tertiary/aromatic N) is 1. The number of hydrogen-bond donors (Lipinski definition) is 0. The molecule has 220 valence electrons. The van der Waals surface area contributed by atoms with Crippen LogP contribution in [0.5, 0.6) is 0 Å². The average molecular weight is 598 g/mol. The molecule has 10 rings (SSSR count). The number of rotatable bonds is 3. The highest BCUT2D eigenvalue weighted by Gasteiger charge is 2.52. The van der Waals surface area contributed by atoms with Crippen molar-refractivity contribution >= 4 is 38.6 Å². The topological polar surface area (TPSA) is 3.24 Å². The van der Waals surface area contributed by atoms with Gasteiger partial charge in [0.05, 0.1) is 5.41 Å². The lowest BCUT2D eigenvalue weighted by molar-refractivity contribution is 0.795. The van der Waals surface area contributed by atoms with Crippen LogP contribution in [0, 0.1) is 6.92 Å². The summed E-state index contributed by atoms with van der Waals surface area (Å²) in [6, 6.07) is 63.2. The molecule has 1 nitrogen and oxygen atoms in total. The van der Waals surface area contributed by atoms with E-state index in [0.717, 1.165) is 17.1 Å². The van der Waals surface area contributed by atoms with E-state index in [-0.39, 0.29) is 5.41 Å². The summed E-state index contributed by atoms with van der Waals surface area (Å²) in [6.07, 6.45) is 0. The van der Waals surface area contributed by atoms with Crippen molar-refractivity contribution in [2.24, 2.45) is 0 Å². The van der Waals surface area contributed by atoms with Gasteiger partial charge >= 0.3 is 0 Å². The molecule has 1 spiro atoms. The van der Waals surface area contributed by atoms with E-state index < -0.39 is 0 Å². The van der Waals surface area contributed by atoms with Crippen LogP contribution < -0.4 is 4.90 Å². The van der Waals surface area contributed by atoms with Gasteiger partial charge in [-0.2, -0.15) is 0 Å². The molecule has 0 heterocycles. The quantitative estimate of drug-likeness (QED) is 0.196. The van der Waals surface area contributed by atoms with Crippen LogP contribution in [0.2, 0.25) is 0 Å². The Morgan fingerprint density at radius 2 is 1.00 bits per heavy atom. The SMILES string of the molecule is Cc1ccc(N(c2ccccc2)c2ccc3cc4c(cc3c2)C2(c3ccccc3-c3ccccc32)c2ccc3ccccc3c2-4)cc1. The predicted molar refractivity (Wildman–Crippen MR) is 197 cm³/mol. The van der Waals surface area contributed by atoms with E-state index in [9.17, 15) is 0 Å². The van der Waals surface area contributed by atoms with Crippen LogP contribution in [0.3, 0.4) is 0 Å². The summed E-state index contributed by atoms with van der Waals surface area (Å²) in [5.74, 6) is 0. The Morgan fingerprint density at radius 3 is 1.77 bits per heavy atom. The van der Waals surface area contributed by atoms with E-state index in [4.69, 9.17) is 0 Å². The van der Waals surface area contributed by atoms with Crippen molar-refractivity contribution in [1.29, 1.82) is 0 Å². The van der Waals surface area contributed by atoms with Gasteiger partial charge < -0.3 is 4.90 Å². The zero-order valence-electron chi connectivity index (χ0n) is 26.1. The zero-order valence-corrected chi connectivity index (χ0v) is 26.1. The Morgan fingerprint density at radius 1 is 0.383 bits per heavy atom. The fraction of sp³-hybridized carbons (Fsp3) is 0.0435. The van der Waals surface area contributed by atoms with Crippen LogP contribution in [0.15, 0.2) is 170 Å². The zero-order chi connectivity index (χ0) is 31.1. The van der Waals surface area contributed by atoms with Crippen molar-refractivity contribution < 1.29 is 0 Å². The van der Waals surface area contributed by atoms with Gasteiger partial charge in [0.25, 0.3) is 0 Å². The van der Waals surface area contributed by atoms with E-state index in [0.29, 0.717) is 0 Å². The molecule has 2 aliphatic carbocycles. The van der Waals surface area contributed by atoms with E-state index in [1.807, 2.05) is 0 Å². The minimum atomic E-state index is -0.387. The lowest BCUT2D eigenvalue weighted by Gasteiger charge is -2.31. The van der Waals surface area contributed by atoms with Gasteiger partial charge in [-0.15, -0.1) is 0 Å². The molecule has 8 aromatic rings. The third-order valence-corrected chi connectivity index (χ3v) is 10.5. The summed E-state index contributed by atoms with van der Waals surface area (Å²) in [7, 11) is 0. The molecule has 0 atom stereocenters. The molecule has 2 aliphatic rings. The number of hydrogen-bond acceptors (Lipinski definition) is 1. The standard InChI is InChI=1S/C46H31N/c1-30-19-23-35(24-20-30)47(34-12-3-2-4-13-34)36-25-21-32-28-40-44(29-33(32)27-36)46(43-26-22-31-11-5-6-14-37(31)45(40)43)41-17-9-7-15-38(41)39-16-8-10-18-42(39)46/h2-29H,1H3.